The highest BCUT2D eigenvalue weighted by atomic mass is 35.5. The second kappa shape index (κ2) is 11.6. The van der Waals surface area contributed by atoms with Gasteiger partial charge in [0, 0.05) is 19.2 Å². The van der Waals surface area contributed by atoms with Crippen molar-refractivity contribution in [2.45, 2.75) is 38.5 Å². The normalized spacial score (nSPS) is 11.1. The molecular weight excluding hydrogens is 500 g/mol. The van der Waals surface area contributed by atoms with E-state index in [1.54, 1.807) is 30.3 Å². The monoisotopic (exact) mass is 528 g/mol. The number of ether oxygens (including phenoxy) is 1. The number of esters is 1. The number of anilines is 2. The summed E-state index contributed by atoms with van der Waals surface area (Å²) < 4.78 is 32.6. The lowest BCUT2D eigenvalue weighted by molar-refractivity contribution is -0.116. The molecule has 0 aliphatic rings. The molecule has 3 aromatic rings. The lowest BCUT2D eigenvalue weighted by Crippen LogP contribution is -2.27. The topological polar surface area (TPSA) is 92.8 Å². The average molecular weight is 529 g/mol. The van der Waals surface area contributed by atoms with E-state index in [0.717, 1.165) is 26.7 Å². The predicted octanol–water partition coefficient (Wildman–Crippen LogP) is 5.67. The molecule has 0 saturated carbocycles. The molecule has 3 aromatic carbocycles. The number of carbonyl (C=O) groups is 2. The fourth-order valence-corrected chi connectivity index (χ4v) is 5.51. The second-order valence-corrected chi connectivity index (χ2v) is 10.9. The molecule has 0 atom stereocenters. The van der Waals surface area contributed by atoms with Crippen molar-refractivity contribution in [3.05, 3.63) is 87.9 Å². The predicted molar refractivity (Wildman–Crippen MR) is 142 cm³/mol. The lowest BCUT2D eigenvalue weighted by Gasteiger charge is -2.20. The third-order valence-electron chi connectivity index (χ3n) is 5.65. The molecule has 0 spiro atoms. The second-order valence-electron chi connectivity index (χ2n) is 8.51. The standard InChI is InChI=1S/C27H29ClN2O5S/c1-18-15-19(2)26(20(3)16-18)29-25(31)11-8-14-35-27(32)21-12-13-23(28)24(17-21)36(33,34)30(4)22-9-6-5-7-10-22/h5-7,9-10,12-13,15-17H,8,11,14H2,1-4H3,(H,29,31). The Balaban J connectivity index is 1.60. The van der Waals surface area contributed by atoms with Crippen molar-refractivity contribution in [1.29, 1.82) is 0 Å². The van der Waals surface area contributed by atoms with Crippen LogP contribution in [-0.2, 0) is 19.6 Å². The molecule has 0 saturated heterocycles. The number of para-hydroxylation sites is 1. The largest absolute Gasteiger partial charge is 0.462 e. The maximum Gasteiger partial charge on any atom is 0.338 e. The van der Waals surface area contributed by atoms with E-state index in [4.69, 9.17) is 16.3 Å². The Morgan fingerprint density at radius 1 is 0.972 bits per heavy atom. The molecule has 0 bridgehead atoms. The summed E-state index contributed by atoms with van der Waals surface area (Å²) >= 11 is 6.17. The SMILES string of the molecule is Cc1cc(C)c(NC(=O)CCCOC(=O)c2ccc(Cl)c(S(=O)(=O)N(C)c3ccccc3)c2)c(C)c1. The third-order valence-corrected chi connectivity index (χ3v) is 7.92. The van der Waals surface area contributed by atoms with Crippen LogP contribution in [0, 0.1) is 20.8 Å². The Hall–Kier alpha value is -3.36. The van der Waals surface area contributed by atoms with Gasteiger partial charge in [0.1, 0.15) is 4.90 Å². The van der Waals surface area contributed by atoms with Gasteiger partial charge >= 0.3 is 5.97 Å². The number of hydrogen-bond acceptors (Lipinski definition) is 5. The number of hydrogen-bond donors (Lipinski definition) is 1. The van der Waals surface area contributed by atoms with E-state index >= 15 is 0 Å². The molecule has 0 aliphatic carbocycles. The number of aryl methyl sites for hydroxylation is 3. The molecule has 190 valence electrons. The number of nitrogens with zero attached hydrogens (tertiary/aromatic N) is 1. The molecule has 9 heteroatoms. The van der Waals surface area contributed by atoms with Crippen LogP contribution in [0.5, 0.6) is 0 Å². The Bertz CT molecular complexity index is 1350. The number of nitrogens with one attached hydrogen (secondary N) is 1. The highest BCUT2D eigenvalue weighted by Crippen LogP contribution is 2.28. The van der Waals surface area contributed by atoms with Gasteiger partial charge in [0.05, 0.1) is 22.9 Å². The number of benzene rings is 3. The summed E-state index contributed by atoms with van der Waals surface area (Å²) in [5.74, 6) is -0.874. The van der Waals surface area contributed by atoms with Crippen molar-refractivity contribution in [3.63, 3.8) is 0 Å². The number of rotatable bonds is 9. The van der Waals surface area contributed by atoms with Crippen molar-refractivity contribution >= 4 is 44.9 Å². The van der Waals surface area contributed by atoms with Crippen LogP contribution >= 0.6 is 11.6 Å². The highest BCUT2D eigenvalue weighted by Gasteiger charge is 2.25. The van der Waals surface area contributed by atoms with Gasteiger partial charge in [-0.25, -0.2) is 13.2 Å². The number of halogens is 1. The molecule has 0 unspecified atom stereocenters. The summed E-state index contributed by atoms with van der Waals surface area (Å²) in [4.78, 5) is 24.7. The average Bonchev–Trinajstić information content (AvgIpc) is 2.84. The first-order valence-corrected chi connectivity index (χ1v) is 13.2. The van der Waals surface area contributed by atoms with E-state index in [1.807, 2.05) is 32.9 Å². The molecule has 0 heterocycles. The first kappa shape index (κ1) is 27.2. The summed E-state index contributed by atoms with van der Waals surface area (Å²) in [7, 11) is -2.60. The van der Waals surface area contributed by atoms with Crippen LogP contribution in [0.1, 0.15) is 39.9 Å². The molecule has 0 fully saturated rings. The van der Waals surface area contributed by atoms with Gasteiger partial charge in [0.2, 0.25) is 5.91 Å². The third kappa shape index (κ3) is 6.44. The summed E-state index contributed by atoms with van der Waals surface area (Å²) in [5, 5.41) is 2.91. The molecule has 0 radical (unpaired) electrons. The van der Waals surface area contributed by atoms with Gasteiger partial charge in [0.25, 0.3) is 10.0 Å². The first-order valence-electron chi connectivity index (χ1n) is 11.4. The Morgan fingerprint density at radius 3 is 2.25 bits per heavy atom. The summed E-state index contributed by atoms with van der Waals surface area (Å²) in [6.07, 6.45) is 0.485. The van der Waals surface area contributed by atoms with Crippen molar-refractivity contribution in [2.75, 3.05) is 23.3 Å². The molecule has 7 nitrogen and oxygen atoms in total. The maximum absolute atomic E-state index is 13.1. The van der Waals surface area contributed by atoms with Crippen molar-refractivity contribution in [3.8, 4) is 0 Å². The van der Waals surface area contributed by atoms with Gasteiger partial charge in [-0.05, 0) is 68.7 Å². The molecule has 36 heavy (non-hydrogen) atoms. The van der Waals surface area contributed by atoms with Crippen LogP contribution in [0.2, 0.25) is 5.02 Å². The zero-order valence-electron chi connectivity index (χ0n) is 20.7. The summed E-state index contributed by atoms with van der Waals surface area (Å²) in [6, 6.07) is 16.5. The van der Waals surface area contributed by atoms with E-state index in [0.29, 0.717) is 12.1 Å². The molecule has 1 N–H and O–H groups in total. The Kier molecular flexibility index (Phi) is 8.76. The highest BCUT2D eigenvalue weighted by molar-refractivity contribution is 7.93. The van der Waals surface area contributed by atoms with Crippen LogP contribution in [0.15, 0.2) is 65.6 Å². The van der Waals surface area contributed by atoms with Crippen LogP contribution in [-0.4, -0.2) is 33.9 Å². The van der Waals surface area contributed by atoms with Crippen molar-refractivity contribution in [2.24, 2.45) is 0 Å². The van der Waals surface area contributed by atoms with Gasteiger partial charge < -0.3 is 10.1 Å². The van der Waals surface area contributed by atoms with Crippen LogP contribution < -0.4 is 9.62 Å². The molecule has 1 amide bonds. The minimum Gasteiger partial charge on any atom is -0.462 e. The molecule has 0 aliphatic heterocycles. The number of sulfonamides is 1. The summed E-state index contributed by atoms with van der Waals surface area (Å²) in [5.41, 5.74) is 4.39. The Labute approximate surface area is 217 Å². The van der Waals surface area contributed by atoms with Gasteiger partial charge in [-0.3, -0.25) is 9.10 Å². The van der Waals surface area contributed by atoms with Crippen LogP contribution in [0.3, 0.4) is 0 Å². The lowest BCUT2D eigenvalue weighted by atomic mass is 10.0. The van der Waals surface area contributed by atoms with E-state index in [-0.39, 0.29) is 34.4 Å². The van der Waals surface area contributed by atoms with E-state index in [1.165, 1.54) is 25.2 Å². The molecular formula is C27H29ClN2O5S. The maximum atomic E-state index is 13.1. The van der Waals surface area contributed by atoms with Crippen molar-refractivity contribution < 1.29 is 22.7 Å². The quantitative estimate of drug-likeness (QED) is 0.285. The zero-order valence-corrected chi connectivity index (χ0v) is 22.2. The van der Waals surface area contributed by atoms with E-state index in [9.17, 15) is 18.0 Å². The summed E-state index contributed by atoms with van der Waals surface area (Å²) in [6.45, 7) is 5.89. The minimum atomic E-state index is -4.01. The molecule has 0 aromatic heterocycles. The van der Waals surface area contributed by atoms with E-state index < -0.39 is 16.0 Å². The number of carbonyl (C=O) groups excluding carboxylic acids is 2. The smallest absolute Gasteiger partial charge is 0.338 e. The van der Waals surface area contributed by atoms with E-state index in [2.05, 4.69) is 5.32 Å². The fourth-order valence-electron chi connectivity index (χ4n) is 3.81. The van der Waals surface area contributed by atoms with Gasteiger partial charge in [-0.2, -0.15) is 0 Å². The zero-order chi connectivity index (χ0) is 26.5. The van der Waals surface area contributed by atoms with Crippen molar-refractivity contribution in [1.82, 2.24) is 0 Å². The van der Waals surface area contributed by atoms with Gasteiger partial charge in [0.15, 0.2) is 0 Å². The van der Waals surface area contributed by atoms with Crippen LogP contribution in [0.4, 0.5) is 11.4 Å². The molecule has 3 rings (SSSR count). The number of amides is 1. The minimum absolute atomic E-state index is 0.00669. The van der Waals surface area contributed by atoms with Gasteiger partial charge in [-0.15, -0.1) is 0 Å². The van der Waals surface area contributed by atoms with Crippen LogP contribution in [0.25, 0.3) is 0 Å². The Morgan fingerprint density at radius 2 is 1.61 bits per heavy atom. The van der Waals surface area contributed by atoms with Gasteiger partial charge in [-0.1, -0.05) is 47.5 Å². The first-order chi connectivity index (χ1) is 17.0. The fraction of sp³-hybridized carbons (Fsp3) is 0.259.